The van der Waals surface area contributed by atoms with Gasteiger partial charge in [0.25, 0.3) is 5.91 Å². The number of H-pyrrole nitrogens is 2. The molecule has 6 heterocycles. The normalized spacial score (nSPS) is 22.5. The summed E-state index contributed by atoms with van der Waals surface area (Å²) in [6, 6.07) is 27.0. The SMILES string of the molecule is O=C([C@@H]1CCCO1)N1CCCC1c1ncc(-c2ccc(-c3ccc(-c4cnc(C5CCCN5C(=O)[C@H](c5ccccc5)N5CCCC5)[nH]4)cc3)cc2)[nH]1. The first kappa shape index (κ1) is 33.8. The van der Waals surface area contributed by atoms with Crippen molar-refractivity contribution in [2.45, 2.75) is 75.6 Å². The lowest BCUT2D eigenvalue weighted by Gasteiger charge is -2.33. The molecule has 4 aliphatic rings. The van der Waals surface area contributed by atoms with Crippen molar-refractivity contribution in [2.75, 3.05) is 32.8 Å². The molecule has 0 spiro atoms. The van der Waals surface area contributed by atoms with Crippen LogP contribution in [0.2, 0.25) is 0 Å². The number of hydrogen-bond acceptors (Lipinski definition) is 6. The van der Waals surface area contributed by atoms with E-state index in [1.807, 2.05) is 35.5 Å². The maximum atomic E-state index is 14.2. The Bertz CT molecular complexity index is 2030. The van der Waals surface area contributed by atoms with Gasteiger partial charge in [0, 0.05) is 19.7 Å². The molecule has 0 aliphatic carbocycles. The van der Waals surface area contributed by atoms with Crippen LogP contribution in [0.4, 0.5) is 0 Å². The van der Waals surface area contributed by atoms with Crippen LogP contribution in [-0.2, 0) is 14.3 Å². The topological polar surface area (TPSA) is 110 Å². The average molecular weight is 710 g/mol. The predicted molar refractivity (Wildman–Crippen MR) is 203 cm³/mol. The van der Waals surface area contributed by atoms with Gasteiger partial charge in [0.05, 0.1) is 35.9 Å². The molecule has 10 heteroatoms. The van der Waals surface area contributed by atoms with E-state index in [2.05, 4.69) is 80.4 Å². The van der Waals surface area contributed by atoms with E-state index in [9.17, 15) is 9.59 Å². The minimum absolute atomic E-state index is 0.0319. The summed E-state index contributed by atoms with van der Waals surface area (Å²) in [6.07, 6.45) is 11.3. The number of likely N-dealkylation sites (tertiary alicyclic amines) is 3. The third kappa shape index (κ3) is 6.70. The van der Waals surface area contributed by atoms with Crippen LogP contribution in [-0.4, -0.2) is 85.3 Å². The number of amides is 2. The van der Waals surface area contributed by atoms with Crippen molar-refractivity contribution in [2.24, 2.45) is 0 Å². The van der Waals surface area contributed by atoms with Gasteiger partial charge >= 0.3 is 0 Å². The van der Waals surface area contributed by atoms with Crippen LogP contribution >= 0.6 is 0 Å². The highest BCUT2D eigenvalue weighted by molar-refractivity contribution is 5.84. The third-order valence-electron chi connectivity index (χ3n) is 11.7. The quantitative estimate of drug-likeness (QED) is 0.164. The third-order valence-corrected chi connectivity index (χ3v) is 11.7. The van der Waals surface area contributed by atoms with Crippen molar-refractivity contribution < 1.29 is 14.3 Å². The number of carbonyl (C=O) groups is 2. The Morgan fingerprint density at radius 1 is 0.623 bits per heavy atom. The van der Waals surface area contributed by atoms with Crippen LogP contribution in [0, 0.1) is 0 Å². The largest absolute Gasteiger partial charge is 0.368 e. The maximum Gasteiger partial charge on any atom is 0.252 e. The van der Waals surface area contributed by atoms with Gasteiger partial charge in [-0.2, -0.15) is 0 Å². The summed E-state index contributed by atoms with van der Waals surface area (Å²) < 4.78 is 5.69. The molecule has 0 saturated carbocycles. The lowest BCUT2D eigenvalue weighted by Crippen LogP contribution is -2.42. The lowest BCUT2D eigenvalue weighted by molar-refractivity contribution is -0.142. The predicted octanol–water partition coefficient (Wildman–Crippen LogP) is 7.48. The zero-order chi connectivity index (χ0) is 35.7. The standard InChI is InChI=1S/C43H47N7O3/c51-42(38-13-8-26-53-38)49-24-6-11-36(49)40-44-27-34(46-40)31-18-14-29(15-19-31)30-16-20-32(21-17-30)35-28-45-41(47-35)37-12-7-25-50(37)43(52)39(48-22-4-5-23-48)33-9-2-1-3-10-33/h1-3,9-10,14-21,27-28,36-39H,4-8,11-13,22-26H2,(H,44,46)(H,45,47)/t36?,37?,38-,39-/m0/s1. The number of ether oxygens (including phenoxy) is 1. The Labute approximate surface area is 310 Å². The molecule has 10 nitrogen and oxygen atoms in total. The number of aromatic nitrogens is 4. The van der Waals surface area contributed by atoms with Gasteiger partial charge in [-0.05, 0) is 92.3 Å². The fourth-order valence-corrected chi connectivity index (χ4v) is 8.88. The smallest absolute Gasteiger partial charge is 0.252 e. The first-order valence-electron chi connectivity index (χ1n) is 19.4. The summed E-state index contributed by atoms with van der Waals surface area (Å²) >= 11 is 0. The van der Waals surface area contributed by atoms with Crippen molar-refractivity contribution in [3.05, 3.63) is 108 Å². The van der Waals surface area contributed by atoms with E-state index in [-0.39, 0.29) is 36.0 Å². The number of hydrogen-bond donors (Lipinski definition) is 2. The molecule has 272 valence electrons. The monoisotopic (exact) mass is 709 g/mol. The minimum Gasteiger partial charge on any atom is -0.368 e. The Kier molecular flexibility index (Phi) is 9.40. The second-order valence-electron chi connectivity index (χ2n) is 15.0. The summed E-state index contributed by atoms with van der Waals surface area (Å²) in [6.45, 7) is 4.09. The molecule has 2 N–H and O–H groups in total. The number of rotatable bonds is 9. The molecule has 2 amide bonds. The van der Waals surface area contributed by atoms with E-state index in [0.29, 0.717) is 6.61 Å². The second kappa shape index (κ2) is 14.8. The van der Waals surface area contributed by atoms with Gasteiger partial charge in [-0.1, -0.05) is 78.9 Å². The Morgan fingerprint density at radius 3 is 1.74 bits per heavy atom. The number of benzene rings is 3. The zero-order valence-corrected chi connectivity index (χ0v) is 30.1. The van der Waals surface area contributed by atoms with Crippen LogP contribution < -0.4 is 0 Å². The van der Waals surface area contributed by atoms with Crippen LogP contribution in [0.15, 0.2) is 91.3 Å². The summed E-state index contributed by atoms with van der Waals surface area (Å²) in [5, 5.41) is 0. The molecule has 2 aromatic heterocycles. The summed E-state index contributed by atoms with van der Waals surface area (Å²) in [5.74, 6) is 1.99. The van der Waals surface area contributed by atoms with Crippen LogP contribution in [0.1, 0.15) is 86.7 Å². The van der Waals surface area contributed by atoms with E-state index in [1.54, 1.807) is 0 Å². The van der Waals surface area contributed by atoms with E-state index < -0.39 is 0 Å². The fraction of sp³-hybridized carbons (Fsp3) is 0.395. The van der Waals surface area contributed by atoms with E-state index >= 15 is 0 Å². The molecular weight excluding hydrogens is 663 g/mol. The number of nitrogens with one attached hydrogen (secondary N) is 2. The first-order valence-corrected chi connectivity index (χ1v) is 19.4. The number of aromatic amines is 2. The van der Waals surface area contributed by atoms with Gasteiger partial charge in [-0.3, -0.25) is 14.5 Å². The molecule has 9 rings (SSSR count). The van der Waals surface area contributed by atoms with Gasteiger partial charge in [0.1, 0.15) is 23.8 Å². The first-order chi connectivity index (χ1) is 26.1. The summed E-state index contributed by atoms with van der Waals surface area (Å²) in [4.78, 5) is 50.3. The fourth-order valence-electron chi connectivity index (χ4n) is 8.88. The van der Waals surface area contributed by atoms with E-state index in [4.69, 9.17) is 14.7 Å². The van der Waals surface area contributed by atoms with Gasteiger partial charge < -0.3 is 24.5 Å². The number of carbonyl (C=O) groups excluding carboxylic acids is 2. The Balaban J connectivity index is 0.865. The van der Waals surface area contributed by atoms with Crippen LogP contribution in [0.5, 0.6) is 0 Å². The molecule has 0 bridgehead atoms. The molecule has 4 fully saturated rings. The molecule has 4 aliphatic heterocycles. The minimum atomic E-state index is -0.304. The van der Waals surface area contributed by atoms with Gasteiger partial charge in [0.15, 0.2) is 0 Å². The van der Waals surface area contributed by atoms with Crippen LogP contribution in [0.3, 0.4) is 0 Å². The lowest BCUT2D eigenvalue weighted by atomic mass is 10.0. The van der Waals surface area contributed by atoms with Crippen molar-refractivity contribution in [1.29, 1.82) is 0 Å². The van der Waals surface area contributed by atoms with Crippen molar-refractivity contribution in [3.8, 4) is 33.6 Å². The van der Waals surface area contributed by atoms with E-state index in [0.717, 1.165) is 128 Å². The Hall–Kier alpha value is -5.06. The molecule has 4 atom stereocenters. The van der Waals surface area contributed by atoms with E-state index in [1.165, 1.54) is 0 Å². The highest BCUT2D eigenvalue weighted by Crippen LogP contribution is 2.37. The highest BCUT2D eigenvalue weighted by atomic mass is 16.5. The van der Waals surface area contributed by atoms with Gasteiger partial charge in [-0.15, -0.1) is 0 Å². The molecule has 4 saturated heterocycles. The number of imidazole rings is 2. The molecule has 3 aromatic carbocycles. The second-order valence-corrected chi connectivity index (χ2v) is 15.0. The average Bonchev–Trinajstić information content (AvgIpc) is 4.05. The van der Waals surface area contributed by atoms with Crippen molar-refractivity contribution >= 4 is 11.8 Å². The molecular formula is C43H47N7O3. The van der Waals surface area contributed by atoms with Crippen molar-refractivity contribution in [1.82, 2.24) is 34.6 Å². The molecule has 0 radical (unpaired) electrons. The number of nitrogens with zero attached hydrogens (tertiary/aromatic N) is 5. The zero-order valence-electron chi connectivity index (χ0n) is 30.1. The highest BCUT2D eigenvalue weighted by Gasteiger charge is 2.40. The molecule has 5 aromatic rings. The van der Waals surface area contributed by atoms with Crippen molar-refractivity contribution in [3.63, 3.8) is 0 Å². The molecule has 53 heavy (non-hydrogen) atoms. The molecule has 2 unspecified atom stereocenters. The van der Waals surface area contributed by atoms with Crippen LogP contribution in [0.25, 0.3) is 33.6 Å². The maximum absolute atomic E-state index is 14.2. The van der Waals surface area contributed by atoms with Gasteiger partial charge in [0.2, 0.25) is 5.91 Å². The van der Waals surface area contributed by atoms with Gasteiger partial charge in [-0.25, -0.2) is 9.97 Å². The summed E-state index contributed by atoms with van der Waals surface area (Å²) in [5.41, 5.74) is 7.34. The summed E-state index contributed by atoms with van der Waals surface area (Å²) in [7, 11) is 0. The Morgan fingerprint density at radius 2 is 1.17 bits per heavy atom.